The van der Waals surface area contributed by atoms with E-state index in [-0.39, 0.29) is 5.97 Å². The van der Waals surface area contributed by atoms with Crippen molar-refractivity contribution >= 4 is 12.2 Å². The minimum absolute atomic E-state index is 0.242. The fourth-order valence-electron chi connectivity index (χ4n) is 1.60. The number of hydrogen-bond acceptors (Lipinski definition) is 3. The van der Waals surface area contributed by atoms with Gasteiger partial charge in [-0.15, -0.1) is 0 Å². The lowest BCUT2D eigenvalue weighted by atomic mass is 10.1. The maximum absolute atomic E-state index is 11.8. The maximum atomic E-state index is 11.8. The molecule has 0 fully saturated rings. The van der Waals surface area contributed by atoms with Gasteiger partial charge in [0, 0.05) is 6.42 Å². The first kappa shape index (κ1) is 14.4. The predicted molar refractivity (Wildman–Crippen MR) is 74.0 cm³/mol. The molecule has 0 N–H and O–H groups in total. The van der Waals surface area contributed by atoms with Crippen LogP contribution in [-0.2, 0) is 16.0 Å². The Labute approximate surface area is 109 Å². The standard InChI is InChI=1S/C15H21NO2/c1-3-5-11-16-14(15(17)18-4-2)12-13-9-7-6-8-10-13/h6-11,14H,3-5,12H2,1-2H3/t14-/m0/s1. The van der Waals surface area contributed by atoms with Crippen molar-refractivity contribution in [1.82, 2.24) is 0 Å². The van der Waals surface area contributed by atoms with Crippen molar-refractivity contribution in [2.75, 3.05) is 6.61 Å². The lowest BCUT2D eigenvalue weighted by molar-refractivity contribution is -0.144. The average molecular weight is 247 g/mol. The van der Waals surface area contributed by atoms with Crippen molar-refractivity contribution in [1.29, 1.82) is 0 Å². The van der Waals surface area contributed by atoms with Gasteiger partial charge in [-0.1, -0.05) is 43.7 Å². The van der Waals surface area contributed by atoms with Crippen molar-refractivity contribution in [3.63, 3.8) is 0 Å². The summed E-state index contributed by atoms with van der Waals surface area (Å²) in [6.07, 6.45) is 4.35. The van der Waals surface area contributed by atoms with Crippen molar-refractivity contribution in [3.8, 4) is 0 Å². The van der Waals surface area contributed by atoms with Gasteiger partial charge in [-0.25, -0.2) is 4.79 Å². The second kappa shape index (κ2) is 8.45. The molecule has 0 spiro atoms. The highest BCUT2D eigenvalue weighted by Gasteiger charge is 2.18. The van der Waals surface area contributed by atoms with Crippen LogP contribution in [0.1, 0.15) is 32.3 Å². The number of benzene rings is 1. The fourth-order valence-corrected chi connectivity index (χ4v) is 1.60. The summed E-state index contributed by atoms with van der Waals surface area (Å²) >= 11 is 0. The van der Waals surface area contributed by atoms with E-state index < -0.39 is 6.04 Å². The molecule has 0 unspecified atom stereocenters. The fraction of sp³-hybridized carbons (Fsp3) is 0.467. The van der Waals surface area contributed by atoms with E-state index in [1.165, 1.54) is 0 Å². The lowest BCUT2D eigenvalue weighted by Crippen LogP contribution is -2.24. The molecule has 0 aliphatic carbocycles. The van der Waals surface area contributed by atoms with E-state index in [0.29, 0.717) is 13.0 Å². The Balaban J connectivity index is 2.68. The molecule has 3 nitrogen and oxygen atoms in total. The Bertz CT molecular complexity index is 373. The van der Waals surface area contributed by atoms with Crippen LogP contribution in [0.3, 0.4) is 0 Å². The Kier molecular flexibility index (Phi) is 6.77. The third kappa shape index (κ3) is 5.13. The molecule has 0 bridgehead atoms. The van der Waals surface area contributed by atoms with Gasteiger partial charge in [0.25, 0.3) is 0 Å². The first-order valence-electron chi connectivity index (χ1n) is 6.50. The molecular weight excluding hydrogens is 226 g/mol. The number of unbranched alkanes of at least 4 members (excludes halogenated alkanes) is 1. The molecule has 1 aromatic carbocycles. The zero-order chi connectivity index (χ0) is 13.2. The molecule has 98 valence electrons. The van der Waals surface area contributed by atoms with E-state index in [1.54, 1.807) is 0 Å². The van der Waals surface area contributed by atoms with Crippen molar-refractivity contribution in [2.45, 2.75) is 39.2 Å². The van der Waals surface area contributed by atoms with Crippen LogP contribution in [-0.4, -0.2) is 24.8 Å². The highest BCUT2D eigenvalue weighted by atomic mass is 16.5. The normalized spacial score (nSPS) is 12.6. The second-order valence-corrected chi connectivity index (χ2v) is 4.08. The molecule has 1 rings (SSSR count). The number of esters is 1. The Morgan fingerprint density at radius 3 is 2.67 bits per heavy atom. The van der Waals surface area contributed by atoms with E-state index in [4.69, 9.17) is 4.74 Å². The number of carbonyl (C=O) groups is 1. The van der Waals surface area contributed by atoms with E-state index in [9.17, 15) is 4.79 Å². The summed E-state index contributed by atoms with van der Waals surface area (Å²) in [7, 11) is 0. The van der Waals surface area contributed by atoms with Crippen LogP contribution < -0.4 is 0 Å². The number of aliphatic imine (C=N–C) groups is 1. The zero-order valence-corrected chi connectivity index (χ0v) is 11.1. The molecule has 0 saturated carbocycles. The van der Waals surface area contributed by atoms with Gasteiger partial charge in [0.1, 0.15) is 0 Å². The number of rotatable bonds is 7. The summed E-state index contributed by atoms with van der Waals surface area (Å²) in [5, 5.41) is 0. The maximum Gasteiger partial charge on any atom is 0.331 e. The minimum Gasteiger partial charge on any atom is -0.464 e. The van der Waals surface area contributed by atoms with Crippen molar-refractivity contribution < 1.29 is 9.53 Å². The molecule has 0 aromatic heterocycles. The molecule has 0 amide bonds. The van der Waals surface area contributed by atoms with E-state index >= 15 is 0 Å². The number of carbonyl (C=O) groups excluding carboxylic acids is 1. The molecule has 0 aliphatic rings. The van der Waals surface area contributed by atoms with Gasteiger partial charge in [0.2, 0.25) is 0 Å². The van der Waals surface area contributed by atoms with Crippen LogP contribution in [0.25, 0.3) is 0 Å². The molecule has 3 heteroatoms. The molecule has 18 heavy (non-hydrogen) atoms. The molecule has 1 aromatic rings. The van der Waals surface area contributed by atoms with E-state index in [2.05, 4.69) is 11.9 Å². The Morgan fingerprint density at radius 1 is 1.33 bits per heavy atom. The van der Waals surface area contributed by atoms with E-state index in [1.807, 2.05) is 43.5 Å². The summed E-state index contributed by atoms with van der Waals surface area (Å²) in [5.41, 5.74) is 1.10. The monoisotopic (exact) mass is 247 g/mol. The quantitative estimate of drug-likeness (QED) is 0.548. The van der Waals surface area contributed by atoms with Crippen molar-refractivity contribution in [2.24, 2.45) is 4.99 Å². The average Bonchev–Trinajstić information content (AvgIpc) is 2.39. The van der Waals surface area contributed by atoms with Crippen LogP contribution >= 0.6 is 0 Å². The van der Waals surface area contributed by atoms with Gasteiger partial charge in [-0.3, -0.25) is 4.99 Å². The summed E-state index contributed by atoms with van der Waals surface area (Å²) in [6.45, 7) is 4.29. The second-order valence-electron chi connectivity index (χ2n) is 4.08. The number of ether oxygens (including phenoxy) is 1. The zero-order valence-electron chi connectivity index (χ0n) is 11.1. The molecular formula is C15H21NO2. The van der Waals surface area contributed by atoms with Crippen LogP contribution in [0.4, 0.5) is 0 Å². The molecule has 1 atom stereocenters. The molecule has 0 saturated heterocycles. The topological polar surface area (TPSA) is 38.7 Å². The van der Waals surface area contributed by atoms with Gasteiger partial charge >= 0.3 is 5.97 Å². The summed E-state index contributed by atoms with van der Waals surface area (Å²) < 4.78 is 5.05. The minimum atomic E-state index is -0.418. The Hall–Kier alpha value is -1.64. The van der Waals surface area contributed by atoms with Gasteiger partial charge in [0.05, 0.1) is 6.61 Å². The third-order valence-corrected chi connectivity index (χ3v) is 2.53. The summed E-state index contributed by atoms with van der Waals surface area (Å²) in [6, 6.07) is 9.48. The first-order valence-corrected chi connectivity index (χ1v) is 6.50. The van der Waals surface area contributed by atoms with Crippen LogP contribution in [0.5, 0.6) is 0 Å². The Morgan fingerprint density at radius 2 is 2.06 bits per heavy atom. The lowest BCUT2D eigenvalue weighted by Gasteiger charge is -2.11. The predicted octanol–water partition coefficient (Wildman–Crippen LogP) is 3.03. The number of hydrogen-bond donors (Lipinski definition) is 0. The highest BCUT2D eigenvalue weighted by molar-refractivity contribution is 5.78. The summed E-state index contributed by atoms with van der Waals surface area (Å²) in [5.74, 6) is -0.242. The third-order valence-electron chi connectivity index (χ3n) is 2.53. The van der Waals surface area contributed by atoms with Crippen LogP contribution in [0.15, 0.2) is 35.3 Å². The van der Waals surface area contributed by atoms with Gasteiger partial charge in [0.15, 0.2) is 6.04 Å². The van der Waals surface area contributed by atoms with E-state index in [0.717, 1.165) is 18.4 Å². The summed E-state index contributed by atoms with van der Waals surface area (Å²) in [4.78, 5) is 16.1. The largest absolute Gasteiger partial charge is 0.464 e. The van der Waals surface area contributed by atoms with Crippen LogP contribution in [0, 0.1) is 0 Å². The molecule has 0 radical (unpaired) electrons. The smallest absolute Gasteiger partial charge is 0.331 e. The first-order chi connectivity index (χ1) is 8.77. The van der Waals surface area contributed by atoms with Gasteiger partial charge in [-0.2, -0.15) is 0 Å². The highest BCUT2D eigenvalue weighted by Crippen LogP contribution is 2.07. The molecule has 0 aliphatic heterocycles. The van der Waals surface area contributed by atoms with Gasteiger partial charge < -0.3 is 4.74 Å². The van der Waals surface area contributed by atoms with Crippen molar-refractivity contribution in [3.05, 3.63) is 35.9 Å². The SMILES string of the molecule is CCCC=N[C@@H](Cc1ccccc1)C(=O)OCC. The molecule has 0 heterocycles. The van der Waals surface area contributed by atoms with Crippen LogP contribution in [0.2, 0.25) is 0 Å². The van der Waals surface area contributed by atoms with Gasteiger partial charge in [-0.05, 0) is 25.1 Å². The number of nitrogens with zero attached hydrogens (tertiary/aromatic N) is 1.